The van der Waals surface area contributed by atoms with Gasteiger partial charge in [0.15, 0.2) is 0 Å². The first-order chi connectivity index (χ1) is 7.34. The summed E-state index contributed by atoms with van der Waals surface area (Å²) in [5.74, 6) is 1.25. The highest BCUT2D eigenvalue weighted by Gasteiger charge is 2.04. The monoisotopic (exact) mass is 225 g/mol. The summed E-state index contributed by atoms with van der Waals surface area (Å²) in [5.41, 5.74) is 1.02. The molecule has 4 heteroatoms. The molecular weight excluding hydrogens is 206 g/mol. The minimum Gasteiger partial charge on any atom is -0.309 e. The average Bonchev–Trinajstić information content (AvgIpc) is 2.30. The molecule has 0 amide bonds. The summed E-state index contributed by atoms with van der Waals surface area (Å²) >= 11 is 1.91. The van der Waals surface area contributed by atoms with Gasteiger partial charge in [0.05, 0.1) is 5.69 Å². The van der Waals surface area contributed by atoms with Crippen molar-refractivity contribution in [3.63, 3.8) is 0 Å². The molecule has 0 aliphatic heterocycles. The molecule has 3 nitrogen and oxygen atoms in total. The Kier molecular flexibility index (Phi) is 6.36. The molecule has 0 saturated carbocycles. The second kappa shape index (κ2) is 7.65. The van der Waals surface area contributed by atoms with Crippen LogP contribution < -0.4 is 5.32 Å². The topological polar surface area (TPSA) is 37.8 Å². The molecule has 1 aromatic rings. The lowest BCUT2D eigenvalue weighted by atomic mass is 10.2. The quantitative estimate of drug-likeness (QED) is 0.722. The van der Waals surface area contributed by atoms with E-state index < -0.39 is 0 Å². The first-order valence-electron chi connectivity index (χ1n) is 5.33. The number of hydrogen-bond donors (Lipinski definition) is 1. The maximum Gasteiger partial charge on any atom is 0.0753 e. The van der Waals surface area contributed by atoms with Gasteiger partial charge in [-0.3, -0.25) is 9.97 Å². The van der Waals surface area contributed by atoms with Crippen molar-refractivity contribution >= 4 is 11.8 Å². The van der Waals surface area contributed by atoms with Crippen molar-refractivity contribution in [1.29, 1.82) is 0 Å². The summed E-state index contributed by atoms with van der Waals surface area (Å²) in [4.78, 5) is 8.32. The Labute approximate surface area is 96.1 Å². The maximum atomic E-state index is 4.26. The second-order valence-corrected chi connectivity index (χ2v) is 4.49. The van der Waals surface area contributed by atoms with Gasteiger partial charge in [-0.05, 0) is 38.3 Å². The third kappa shape index (κ3) is 5.14. The number of aromatic nitrogens is 2. The summed E-state index contributed by atoms with van der Waals surface area (Å²) in [7, 11) is 0. The Balaban J connectivity index is 2.16. The highest BCUT2D eigenvalue weighted by atomic mass is 32.2. The van der Waals surface area contributed by atoms with E-state index >= 15 is 0 Å². The number of thioether (sulfide) groups is 1. The zero-order valence-electron chi connectivity index (χ0n) is 9.44. The number of unbranched alkanes of at least 4 members (excludes halogenated alkanes) is 1. The molecule has 1 rings (SSSR count). The Morgan fingerprint density at radius 3 is 2.93 bits per heavy atom. The van der Waals surface area contributed by atoms with Crippen LogP contribution in [-0.2, 0) is 0 Å². The minimum atomic E-state index is 0.299. The molecule has 1 heterocycles. The molecule has 0 radical (unpaired) electrons. The Morgan fingerprint density at radius 1 is 1.40 bits per heavy atom. The van der Waals surface area contributed by atoms with Crippen LogP contribution in [0.4, 0.5) is 0 Å². The first kappa shape index (κ1) is 12.5. The minimum absolute atomic E-state index is 0.299. The fraction of sp³-hybridized carbons (Fsp3) is 0.636. The standard InChI is InChI=1S/C11H19N3S/c1-10(11-9-12-6-7-14-11)13-5-3-4-8-15-2/h6-7,9-10,13H,3-5,8H2,1-2H3. The molecule has 1 N–H and O–H groups in total. The van der Waals surface area contributed by atoms with Crippen LogP contribution in [-0.4, -0.2) is 28.5 Å². The van der Waals surface area contributed by atoms with Crippen LogP contribution in [0, 0.1) is 0 Å². The predicted octanol–water partition coefficient (Wildman–Crippen LogP) is 2.27. The van der Waals surface area contributed by atoms with Gasteiger partial charge in [0.25, 0.3) is 0 Å². The zero-order chi connectivity index (χ0) is 10.9. The van der Waals surface area contributed by atoms with Crippen molar-refractivity contribution in [3.05, 3.63) is 24.3 Å². The van der Waals surface area contributed by atoms with Crippen molar-refractivity contribution < 1.29 is 0 Å². The third-order valence-electron chi connectivity index (χ3n) is 2.25. The lowest BCUT2D eigenvalue weighted by Crippen LogP contribution is -2.20. The molecule has 0 spiro atoms. The van der Waals surface area contributed by atoms with E-state index in [1.54, 1.807) is 12.4 Å². The second-order valence-electron chi connectivity index (χ2n) is 3.51. The smallest absolute Gasteiger partial charge is 0.0753 e. The normalized spacial score (nSPS) is 12.7. The summed E-state index contributed by atoms with van der Waals surface area (Å²) in [6.45, 7) is 3.18. The van der Waals surface area contributed by atoms with Crippen molar-refractivity contribution in [2.75, 3.05) is 18.6 Å². The summed E-state index contributed by atoms with van der Waals surface area (Å²) in [5, 5.41) is 3.45. The summed E-state index contributed by atoms with van der Waals surface area (Å²) in [6.07, 6.45) is 9.91. The maximum absolute atomic E-state index is 4.26. The highest BCUT2D eigenvalue weighted by Crippen LogP contribution is 2.06. The van der Waals surface area contributed by atoms with Crippen LogP contribution in [0.5, 0.6) is 0 Å². The molecule has 1 unspecified atom stereocenters. The van der Waals surface area contributed by atoms with Gasteiger partial charge in [-0.15, -0.1) is 0 Å². The Bertz CT molecular complexity index is 253. The zero-order valence-corrected chi connectivity index (χ0v) is 10.3. The molecule has 1 atom stereocenters. The molecule has 0 aliphatic rings. The van der Waals surface area contributed by atoms with Crippen LogP contribution in [0.25, 0.3) is 0 Å². The highest BCUT2D eigenvalue weighted by molar-refractivity contribution is 7.98. The summed E-state index contributed by atoms with van der Waals surface area (Å²) in [6, 6.07) is 0.299. The molecule has 0 aromatic carbocycles. The fourth-order valence-corrected chi connectivity index (χ4v) is 1.82. The van der Waals surface area contributed by atoms with E-state index in [1.807, 2.05) is 18.0 Å². The first-order valence-corrected chi connectivity index (χ1v) is 6.72. The van der Waals surface area contributed by atoms with Gasteiger partial charge in [0.1, 0.15) is 0 Å². The van der Waals surface area contributed by atoms with Crippen molar-refractivity contribution in [3.8, 4) is 0 Å². The van der Waals surface area contributed by atoms with Crippen LogP contribution in [0.3, 0.4) is 0 Å². The largest absolute Gasteiger partial charge is 0.309 e. The molecule has 0 saturated heterocycles. The van der Waals surface area contributed by atoms with Gasteiger partial charge in [-0.25, -0.2) is 0 Å². The Morgan fingerprint density at radius 2 is 2.27 bits per heavy atom. The number of nitrogens with one attached hydrogen (secondary N) is 1. The molecule has 1 aromatic heterocycles. The summed E-state index contributed by atoms with van der Waals surface area (Å²) < 4.78 is 0. The lowest BCUT2D eigenvalue weighted by molar-refractivity contribution is 0.543. The van der Waals surface area contributed by atoms with E-state index in [9.17, 15) is 0 Å². The number of hydrogen-bond acceptors (Lipinski definition) is 4. The SMILES string of the molecule is CSCCCCNC(C)c1cnccn1. The Hall–Kier alpha value is -0.610. The molecule has 15 heavy (non-hydrogen) atoms. The molecule has 84 valence electrons. The van der Waals surface area contributed by atoms with Crippen molar-refractivity contribution in [1.82, 2.24) is 15.3 Å². The van der Waals surface area contributed by atoms with E-state index in [0.29, 0.717) is 6.04 Å². The predicted molar refractivity (Wildman–Crippen MR) is 66.1 cm³/mol. The average molecular weight is 225 g/mol. The number of rotatable bonds is 7. The van der Waals surface area contributed by atoms with Gasteiger partial charge < -0.3 is 5.32 Å². The van der Waals surface area contributed by atoms with Gasteiger partial charge >= 0.3 is 0 Å². The van der Waals surface area contributed by atoms with Gasteiger partial charge in [0, 0.05) is 24.6 Å². The van der Waals surface area contributed by atoms with E-state index in [-0.39, 0.29) is 0 Å². The van der Waals surface area contributed by atoms with E-state index in [4.69, 9.17) is 0 Å². The van der Waals surface area contributed by atoms with Gasteiger partial charge in [-0.2, -0.15) is 11.8 Å². The molecule has 0 aliphatic carbocycles. The third-order valence-corrected chi connectivity index (χ3v) is 2.95. The van der Waals surface area contributed by atoms with Crippen LogP contribution in [0.1, 0.15) is 31.5 Å². The van der Waals surface area contributed by atoms with Crippen LogP contribution >= 0.6 is 11.8 Å². The van der Waals surface area contributed by atoms with Crippen LogP contribution in [0.2, 0.25) is 0 Å². The lowest BCUT2D eigenvalue weighted by Gasteiger charge is -2.12. The van der Waals surface area contributed by atoms with Crippen molar-refractivity contribution in [2.24, 2.45) is 0 Å². The van der Waals surface area contributed by atoms with E-state index in [0.717, 1.165) is 12.2 Å². The van der Waals surface area contributed by atoms with E-state index in [2.05, 4.69) is 28.5 Å². The van der Waals surface area contributed by atoms with Gasteiger partial charge in [0.2, 0.25) is 0 Å². The molecular formula is C11H19N3S. The van der Waals surface area contributed by atoms with E-state index in [1.165, 1.54) is 18.6 Å². The van der Waals surface area contributed by atoms with Gasteiger partial charge in [-0.1, -0.05) is 0 Å². The number of nitrogens with zero attached hydrogens (tertiary/aromatic N) is 2. The molecule has 0 bridgehead atoms. The fourth-order valence-electron chi connectivity index (χ4n) is 1.33. The van der Waals surface area contributed by atoms with Crippen molar-refractivity contribution in [2.45, 2.75) is 25.8 Å². The molecule has 0 fully saturated rings. The van der Waals surface area contributed by atoms with Crippen LogP contribution in [0.15, 0.2) is 18.6 Å².